The third-order valence-electron chi connectivity index (χ3n) is 9.42. The van der Waals surface area contributed by atoms with Gasteiger partial charge in [-0.1, -0.05) is 32.4 Å². The molecule has 0 aromatic heterocycles. The molecule has 4 aliphatic rings. The number of hydrogen-bond acceptors (Lipinski definition) is 1. The molecule has 25 heavy (non-hydrogen) atoms. The van der Waals surface area contributed by atoms with Crippen molar-refractivity contribution in [1.82, 2.24) is 0 Å². The molecule has 1 nitrogen and oxygen atoms in total. The quantitative estimate of drug-likeness (QED) is 0.321. The lowest BCUT2D eigenvalue weighted by atomic mass is 9.47. The van der Waals surface area contributed by atoms with Crippen molar-refractivity contribution < 1.29 is 4.79 Å². The van der Waals surface area contributed by atoms with Crippen molar-refractivity contribution in [2.45, 2.75) is 91.4 Å². The van der Waals surface area contributed by atoms with Crippen molar-refractivity contribution in [2.24, 2.45) is 40.4 Å². The third kappa shape index (κ3) is 2.76. The number of aldehydes is 1. The first-order valence-electron chi connectivity index (χ1n) is 11.1. The number of rotatable bonds is 4. The first-order valence-corrected chi connectivity index (χ1v) is 11.1. The van der Waals surface area contributed by atoms with E-state index in [1.165, 1.54) is 57.8 Å². The standard InChI is InChI=1S/C24H38O/c1-17-11-13-24(3)19(16-17)7-9-20-21-10-8-18(6-4-5-15-25)23(21,2)14-12-22(20)24/h7,15,17-18,20-22H,4-6,8-14,16H2,1-3H3. The van der Waals surface area contributed by atoms with Crippen LogP contribution in [0, 0.1) is 40.4 Å². The van der Waals surface area contributed by atoms with Crippen molar-refractivity contribution in [3.63, 3.8) is 0 Å². The Morgan fingerprint density at radius 2 is 1.96 bits per heavy atom. The highest BCUT2D eigenvalue weighted by Crippen LogP contribution is 2.66. The number of allylic oxidation sites excluding steroid dienone is 2. The molecule has 0 radical (unpaired) electrons. The summed E-state index contributed by atoms with van der Waals surface area (Å²) in [6.45, 7) is 7.70. The molecule has 140 valence electrons. The van der Waals surface area contributed by atoms with E-state index >= 15 is 0 Å². The Morgan fingerprint density at radius 3 is 2.76 bits per heavy atom. The molecule has 0 spiro atoms. The lowest BCUT2D eigenvalue weighted by molar-refractivity contribution is -0.108. The van der Waals surface area contributed by atoms with E-state index in [4.69, 9.17) is 0 Å². The van der Waals surface area contributed by atoms with Crippen LogP contribution in [0.25, 0.3) is 0 Å². The summed E-state index contributed by atoms with van der Waals surface area (Å²) in [4.78, 5) is 10.7. The summed E-state index contributed by atoms with van der Waals surface area (Å²) in [6, 6.07) is 0. The maximum Gasteiger partial charge on any atom is 0.119 e. The molecule has 0 aromatic rings. The Kier molecular flexibility index (Phi) is 4.66. The monoisotopic (exact) mass is 342 g/mol. The molecule has 3 saturated carbocycles. The Morgan fingerprint density at radius 1 is 1.12 bits per heavy atom. The summed E-state index contributed by atoms with van der Waals surface area (Å²) in [7, 11) is 0. The summed E-state index contributed by atoms with van der Waals surface area (Å²) in [5.74, 6) is 4.62. The van der Waals surface area contributed by atoms with Gasteiger partial charge in [-0.2, -0.15) is 0 Å². The van der Waals surface area contributed by atoms with Crippen LogP contribution in [0.3, 0.4) is 0 Å². The normalized spacial score (nSPS) is 48.9. The van der Waals surface area contributed by atoms with E-state index in [-0.39, 0.29) is 0 Å². The van der Waals surface area contributed by atoms with E-state index in [0.29, 0.717) is 10.8 Å². The van der Waals surface area contributed by atoms with E-state index in [2.05, 4.69) is 26.8 Å². The van der Waals surface area contributed by atoms with Gasteiger partial charge in [0.2, 0.25) is 0 Å². The van der Waals surface area contributed by atoms with Crippen LogP contribution in [-0.2, 0) is 4.79 Å². The average Bonchev–Trinajstić information content (AvgIpc) is 2.92. The number of fused-ring (bicyclic) bond motifs is 5. The molecule has 0 bridgehead atoms. The van der Waals surface area contributed by atoms with Gasteiger partial charge in [0.25, 0.3) is 0 Å². The maximum atomic E-state index is 10.7. The van der Waals surface area contributed by atoms with Gasteiger partial charge in [0, 0.05) is 6.42 Å². The van der Waals surface area contributed by atoms with Gasteiger partial charge in [-0.15, -0.1) is 0 Å². The number of carbonyl (C=O) groups excluding carboxylic acids is 1. The molecule has 0 aliphatic heterocycles. The van der Waals surface area contributed by atoms with Crippen LogP contribution in [0.4, 0.5) is 0 Å². The van der Waals surface area contributed by atoms with E-state index in [9.17, 15) is 4.79 Å². The van der Waals surface area contributed by atoms with Crippen LogP contribution in [0.2, 0.25) is 0 Å². The highest BCUT2D eigenvalue weighted by atomic mass is 16.1. The first kappa shape index (κ1) is 17.8. The predicted molar refractivity (Wildman–Crippen MR) is 104 cm³/mol. The topological polar surface area (TPSA) is 17.1 Å². The van der Waals surface area contributed by atoms with Crippen molar-refractivity contribution in [1.29, 1.82) is 0 Å². The minimum atomic E-state index is 0.520. The highest BCUT2D eigenvalue weighted by molar-refractivity contribution is 5.48. The van der Waals surface area contributed by atoms with Crippen molar-refractivity contribution in [3.05, 3.63) is 11.6 Å². The Labute approximate surface area is 155 Å². The first-order chi connectivity index (χ1) is 12.0. The molecule has 7 atom stereocenters. The minimum absolute atomic E-state index is 0.520. The molecule has 0 saturated heterocycles. The fourth-order valence-electron chi connectivity index (χ4n) is 7.87. The summed E-state index contributed by atoms with van der Waals surface area (Å²) in [5, 5.41) is 0. The molecule has 0 amide bonds. The lowest BCUT2D eigenvalue weighted by Gasteiger charge is -2.58. The smallest absolute Gasteiger partial charge is 0.119 e. The average molecular weight is 343 g/mol. The van der Waals surface area contributed by atoms with Crippen LogP contribution in [0.5, 0.6) is 0 Å². The van der Waals surface area contributed by atoms with Crippen LogP contribution >= 0.6 is 0 Å². The molecular formula is C24H38O. The van der Waals surface area contributed by atoms with E-state index in [1.54, 1.807) is 0 Å². The SMILES string of the molecule is CC1CCC2(C)C(=CCC3C2CCC2(C)C(CCCC=O)CCC32)C1. The van der Waals surface area contributed by atoms with Crippen LogP contribution < -0.4 is 0 Å². The Bertz CT molecular complexity index is 548. The van der Waals surface area contributed by atoms with Gasteiger partial charge in [-0.3, -0.25) is 0 Å². The molecule has 4 rings (SSSR count). The molecule has 0 aromatic carbocycles. The highest BCUT2D eigenvalue weighted by Gasteiger charge is 2.58. The second-order valence-electron chi connectivity index (χ2n) is 10.5. The zero-order valence-electron chi connectivity index (χ0n) is 16.7. The largest absolute Gasteiger partial charge is 0.303 e. The zero-order chi connectivity index (χ0) is 17.7. The second kappa shape index (κ2) is 6.54. The molecular weight excluding hydrogens is 304 g/mol. The van der Waals surface area contributed by atoms with Gasteiger partial charge < -0.3 is 4.79 Å². The van der Waals surface area contributed by atoms with Crippen molar-refractivity contribution >= 4 is 6.29 Å². The van der Waals surface area contributed by atoms with Crippen LogP contribution in [0.1, 0.15) is 91.4 Å². The fourth-order valence-corrected chi connectivity index (χ4v) is 7.87. The molecule has 4 aliphatic carbocycles. The molecule has 1 heteroatoms. The molecule has 3 fully saturated rings. The molecule has 0 heterocycles. The predicted octanol–water partition coefficient (Wildman–Crippen LogP) is 6.57. The lowest BCUT2D eigenvalue weighted by Crippen LogP contribution is -2.49. The third-order valence-corrected chi connectivity index (χ3v) is 9.42. The minimum Gasteiger partial charge on any atom is -0.303 e. The maximum absolute atomic E-state index is 10.7. The zero-order valence-corrected chi connectivity index (χ0v) is 16.7. The fraction of sp³-hybridized carbons (Fsp3) is 0.875. The summed E-state index contributed by atoms with van der Waals surface area (Å²) >= 11 is 0. The second-order valence-corrected chi connectivity index (χ2v) is 10.5. The summed E-state index contributed by atoms with van der Waals surface area (Å²) in [6.07, 6.45) is 18.4. The Hall–Kier alpha value is -0.590. The summed E-state index contributed by atoms with van der Waals surface area (Å²) < 4.78 is 0. The summed E-state index contributed by atoms with van der Waals surface area (Å²) in [5.41, 5.74) is 2.91. The van der Waals surface area contributed by atoms with Gasteiger partial charge in [0.1, 0.15) is 6.29 Å². The molecule has 0 N–H and O–H groups in total. The van der Waals surface area contributed by atoms with E-state index < -0.39 is 0 Å². The van der Waals surface area contributed by atoms with Crippen LogP contribution in [-0.4, -0.2) is 6.29 Å². The van der Waals surface area contributed by atoms with E-state index in [0.717, 1.165) is 48.7 Å². The van der Waals surface area contributed by atoms with Crippen molar-refractivity contribution in [2.75, 3.05) is 0 Å². The number of unbranched alkanes of at least 4 members (excludes halogenated alkanes) is 1. The number of hydrogen-bond donors (Lipinski definition) is 0. The van der Waals surface area contributed by atoms with Gasteiger partial charge in [0.05, 0.1) is 0 Å². The van der Waals surface area contributed by atoms with Crippen molar-refractivity contribution in [3.8, 4) is 0 Å². The van der Waals surface area contributed by atoms with Gasteiger partial charge in [0.15, 0.2) is 0 Å². The van der Waals surface area contributed by atoms with Crippen LogP contribution in [0.15, 0.2) is 11.6 Å². The number of carbonyl (C=O) groups is 1. The Balaban J connectivity index is 1.54. The van der Waals surface area contributed by atoms with Gasteiger partial charge in [-0.25, -0.2) is 0 Å². The van der Waals surface area contributed by atoms with E-state index in [1.807, 2.05) is 5.57 Å². The molecule has 7 unspecified atom stereocenters. The van der Waals surface area contributed by atoms with Gasteiger partial charge >= 0.3 is 0 Å². The van der Waals surface area contributed by atoms with Gasteiger partial charge in [-0.05, 0) is 105 Å².